The van der Waals surface area contributed by atoms with Crippen LogP contribution in [0.1, 0.15) is 42.4 Å². The number of alkyl halides is 3. The normalized spacial score (nSPS) is 22.2. The van der Waals surface area contributed by atoms with E-state index < -0.39 is 23.6 Å². The number of nitrogens with zero attached hydrogens (tertiary/aromatic N) is 2. The molecule has 1 saturated carbocycles. The zero-order valence-electron chi connectivity index (χ0n) is 15.8. The number of hydrogen-bond acceptors (Lipinski definition) is 6. The Bertz CT molecular complexity index is 904. The number of aromatic hydroxyl groups is 1. The predicted octanol–water partition coefficient (Wildman–Crippen LogP) is 3.23. The summed E-state index contributed by atoms with van der Waals surface area (Å²) in [5.41, 5.74) is 1.39. The van der Waals surface area contributed by atoms with E-state index in [0.29, 0.717) is 30.5 Å². The van der Waals surface area contributed by atoms with Gasteiger partial charge in [-0.05, 0) is 44.0 Å². The molecule has 1 aliphatic heterocycles. The molecule has 1 aromatic carbocycles. The van der Waals surface area contributed by atoms with E-state index in [0.717, 1.165) is 49.4 Å². The first-order chi connectivity index (χ1) is 13.8. The van der Waals surface area contributed by atoms with Gasteiger partial charge in [-0.25, -0.2) is 0 Å². The van der Waals surface area contributed by atoms with Crippen molar-refractivity contribution in [3.05, 3.63) is 34.9 Å². The summed E-state index contributed by atoms with van der Waals surface area (Å²) in [6.45, 7) is 1.21. The number of aromatic nitrogens is 2. The first kappa shape index (κ1) is 19.9. The Morgan fingerprint density at radius 2 is 1.90 bits per heavy atom. The van der Waals surface area contributed by atoms with Gasteiger partial charge in [-0.15, -0.1) is 10.2 Å². The molecule has 2 aliphatic rings. The van der Waals surface area contributed by atoms with Crippen LogP contribution in [0.4, 0.5) is 19.0 Å². The van der Waals surface area contributed by atoms with Crippen LogP contribution in [0, 0.1) is 0 Å². The third-order valence-corrected chi connectivity index (χ3v) is 5.67. The zero-order valence-corrected chi connectivity index (χ0v) is 15.8. The van der Waals surface area contributed by atoms with Crippen LogP contribution < -0.4 is 10.6 Å². The van der Waals surface area contributed by atoms with Crippen LogP contribution in [0.15, 0.2) is 18.2 Å². The van der Waals surface area contributed by atoms with Gasteiger partial charge in [-0.1, -0.05) is 12.8 Å². The Labute approximate surface area is 166 Å². The number of halogens is 3. The van der Waals surface area contributed by atoms with Gasteiger partial charge in [0.15, 0.2) is 5.82 Å². The molecule has 4 N–H and O–H groups in total. The lowest BCUT2D eigenvalue weighted by molar-refractivity contribution is -0.137. The minimum absolute atomic E-state index is 0.0950. The van der Waals surface area contributed by atoms with Crippen molar-refractivity contribution in [1.29, 1.82) is 0 Å². The van der Waals surface area contributed by atoms with Gasteiger partial charge in [-0.3, -0.25) is 0 Å². The maximum atomic E-state index is 12.9. The van der Waals surface area contributed by atoms with E-state index in [1.54, 1.807) is 0 Å². The van der Waals surface area contributed by atoms with Crippen molar-refractivity contribution < 1.29 is 23.4 Å². The van der Waals surface area contributed by atoms with Crippen molar-refractivity contribution in [3.8, 4) is 17.0 Å². The topological polar surface area (TPSA) is 90.3 Å². The number of benzene rings is 1. The second kappa shape index (κ2) is 7.79. The molecular formula is C20H23F3N4O2. The van der Waals surface area contributed by atoms with Crippen LogP contribution in [0.5, 0.6) is 5.75 Å². The fraction of sp³-hybridized carbons (Fsp3) is 0.500. The van der Waals surface area contributed by atoms with E-state index in [1.807, 2.05) is 0 Å². The van der Waals surface area contributed by atoms with Gasteiger partial charge in [0.25, 0.3) is 0 Å². The second-order valence-corrected chi connectivity index (χ2v) is 7.61. The first-order valence-corrected chi connectivity index (χ1v) is 9.79. The lowest BCUT2D eigenvalue weighted by atomic mass is 9.91. The van der Waals surface area contributed by atoms with E-state index >= 15 is 0 Å². The molecule has 29 heavy (non-hydrogen) atoms. The van der Waals surface area contributed by atoms with Gasteiger partial charge in [0, 0.05) is 23.2 Å². The summed E-state index contributed by atoms with van der Waals surface area (Å²) in [4.78, 5) is 0. The van der Waals surface area contributed by atoms with Crippen LogP contribution >= 0.6 is 0 Å². The fourth-order valence-electron chi connectivity index (χ4n) is 4.09. The second-order valence-electron chi connectivity index (χ2n) is 7.61. The number of fused-ring (bicyclic) bond motifs is 1. The molecule has 156 valence electrons. The van der Waals surface area contributed by atoms with Crippen molar-refractivity contribution in [2.45, 2.75) is 57.0 Å². The fourth-order valence-corrected chi connectivity index (χ4v) is 4.09. The van der Waals surface area contributed by atoms with Gasteiger partial charge in [0.05, 0.1) is 17.7 Å². The number of aliphatic hydroxyl groups is 1. The van der Waals surface area contributed by atoms with Gasteiger partial charge in [-0.2, -0.15) is 13.2 Å². The van der Waals surface area contributed by atoms with Crippen LogP contribution in [-0.2, 0) is 19.1 Å². The maximum Gasteiger partial charge on any atom is 0.416 e. The lowest BCUT2D eigenvalue weighted by Gasteiger charge is -2.30. The molecule has 0 spiro atoms. The third kappa shape index (κ3) is 4.02. The number of rotatable bonds is 3. The van der Waals surface area contributed by atoms with Crippen molar-refractivity contribution in [3.63, 3.8) is 0 Å². The molecule has 9 heteroatoms. The highest BCUT2D eigenvalue weighted by Crippen LogP contribution is 2.38. The molecule has 1 fully saturated rings. The molecule has 2 aromatic rings. The number of hydrogen-bond donors (Lipinski definition) is 4. The van der Waals surface area contributed by atoms with Gasteiger partial charge < -0.3 is 20.8 Å². The molecule has 6 nitrogen and oxygen atoms in total. The lowest BCUT2D eigenvalue weighted by Crippen LogP contribution is -2.37. The number of phenols is 1. The molecule has 0 unspecified atom stereocenters. The Morgan fingerprint density at radius 3 is 2.62 bits per heavy atom. The highest BCUT2D eigenvalue weighted by atomic mass is 19.4. The summed E-state index contributed by atoms with van der Waals surface area (Å²) in [5, 5.41) is 35.5. The Kier molecular flexibility index (Phi) is 5.35. The van der Waals surface area contributed by atoms with E-state index in [9.17, 15) is 23.4 Å². The Balaban J connectivity index is 1.71. The van der Waals surface area contributed by atoms with E-state index in [4.69, 9.17) is 0 Å². The van der Waals surface area contributed by atoms with Crippen molar-refractivity contribution in [1.82, 2.24) is 15.5 Å². The molecule has 1 aliphatic carbocycles. The quantitative estimate of drug-likeness (QED) is 0.624. The molecular weight excluding hydrogens is 385 g/mol. The zero-order chi connectivity index (χ0) is 20.6. The van der Waals surface area contributed by atoms with Crippen LogP contribution in [-0.4, -0.2) is 39.1 Å². The van der Waals surface area contributed by atoms with Gasteiger partial charge >= 0.3 is 6.18 Å². The predicted molar refractivity (Wildman–Crippen MR) is 101 cm³/mol. The molecule has 0 radical (unpaired) electrons. The summed E-state index contributed by atoms with van der Waals surface area (Å²) in [6, 6.07) is 2.78. The smallest absolute Gasteiger partial charge is 0.416 e. The van der Waals surface area contributed by atoms with Crippen molar-refractivity contribution >= 4 is 5.82 Å². The molecule has 0 amide bonds. The SMILES string of the molecule is Oc1cc(C(F)(F)F)ccc1-c1nnc(N[C@@H]2CCCC[C@H]2O)c2c1CNCC2. The Hall–Kier alpha value is -2.39. The minimum Gasteiger partial charge on any atom is -0.507 e. The average molecular weight is 408 g/mol. The van der Waals surface area contributed by atoms with E-state index in [2.05, 4.69) is 20.8 Å². The molecule has 1 aromatic heterocycles. The van der Waals surface area contributed by atoms with Gasteiger partial charge in [0.2, 0.25) is 0 Å². The summed E-state index contributed by atoms with van der Waals surface area (Å²) in [6.07, 6.45) is -0.685. The molecule has 0 bridgehead atoms. The first-order valence-electron chi connectivity index (χ1n) is 9.79. The highest BCUT2D eigenvalue weighted by Gasteiger charge is 2.32. The van der Waals surface area contributed by atoms with Crippen LogP contribution in [0.3, 0.4) is 0 Å². The van der Waals surface area contributed by atoms with Crippen molar-refractivity contribution in [2.24, 2.45) is 0 Å². The van der Waals surface area contributed by atoms with E-state index in [-0.39, 0.29) is 11.6 Å². The summed E-state index contributed by atoms with van der Waals surface area (Å²) < 4.78 is 38.7. The summed E-state index contributed by atoms with van der Waals surface area (Å²) in [7, 11) is 0. The standard InChI is InChI=1S/C20H23F3N4O2/c21-20(22,23)11-5-6-13(17(29)9-11)18-14-10-24-8-7-12(14)19(27-26-18)25-15-3-1-2-4-16(15)28/h5-6,9,15-16,24,28-29H,1-4,7-8,10H2,(H,25,27)/t15-,16-/m1/s1. The highest BCUT2D eigenvalue weighted by molar-refractivity contribution is 5.73. The molecule has 4 rings (SSSR count). The number of aliphatic hydroxyl groups excluding tert-OH is 1. The molecule has 2 atom stereocenters. The number of phenolic OH excluding ortho intramolecular Hbond substituents is 1. The van der Waals surface area contributed by atoms with Crippen LogP contribution in [0.2, 0.25) is 0 Å². The molecule has 2 heterocycles. The third-order valence-electron chi connectivity index (χ3n) is 5.67. The number of nitrogens with one attached hydrogen (secondary N) is 2. The van der Waals surface area contributed by atoms with Crippen molar-refractivity contribution in [2.75, 3.05) is 11.9 Å². The summed E-state index contributed by atoms with van der Waals surface area (Å²) in [5.74, 6) is 0.118. The number of anilines is 1. The largest absolute Gasteiger partial charge is 0.507 e. The minimum atomic E-state index is -4.53. The molecule has 0 saturated heterocycles. The Morgan fingerprint density at radius 1 is 1.10 bits per heavy atom. The monoisotopic (exact) mass is 408 g/mol. The van der Waals surface area contributed by atoms with E-state index in [1.165, 1.54) is 6.07 Å². The summed E-state index contributed by atoms with van der Waals surface area (Å²) >= 11 is 0. The maximum absolute atomic E-state index is 12.9. The van der Waals surface area contributed by atoms with Crippen LogP contribution in [0.25, 0.3) is 11.3 Å². The van der Waals surface area contributed by atoms with Gasteiger partial charge in [0.1, 0.15) is 11.4 Å². The average Bonchev–Trinajstić information content (AvgIpc) is 2.69.